The highest BCUT2D eigenvalue weighted by Crippen LogP contribution is 2.31. The molecule has 0 saturated heterocycles. The maximum absolute atomic E-state index is 12.4. The van der Waals surface area contributed by atoms with E-state index in [2.05, 4.69) is 4.98 Å². The lowest BCUT2D eigenvalue weighted by molar-refractivity contribution is -0.391. The Balaban J connectivity index is 3.56. The predicted octanol–water partition coefficient (Wildman–Crippen LogP) is 2.45. The highest BCUT2D eigenvalue weighted by molar-refractivity contribution is 6.29. The average molecular weight is 234 g/mol. The number of hydrogen-bond donors (Lipinski definition) is 0. The Kier molecular flexibility index (Phi) is 3.11. The molecule has 0 aliphatic carbocycles. The van der Waals surface area contributed by atoms with Crippen molar-refractivity contribution in [3.8, 4) is 6.07 Å². The van der Waals surface area contributed by atoms with Crippen LogP contribution in [-0.4, -0.2) is 9.91 Å². The minimum atomic E-state index is -3.15. The van der Waals surface area contributed by atoms with Gasteiger partial charge < -0.3 is 10.1 Å². The number of nitriles is 1. The van der Waals surface area contributed by atoms with E-state index in [9.17, 15) is 18.9 Å². The summed E-state index contributed by atoms with van der Waals surface area (Å²) < 4.78 is 24.9. The van der Waals surface area contributed by atoms with Crippen LogP contribution in [0.3, 0.4) is 0 Å². The monoisotopic (exact) mass is 233 g/mol. The standard InChI is InChI=1S/C7H2ClF2N3O2/c8-4-1-3(2-11)5(6(9)10)7(12-4)13(14)15/h1,6H. The fourth-order valence-electron chi connectivity index (χ4n) is 0.958. The maximum Gasteiger partial charge on any atom is 0.375 e. The van der Waals surface area contributed by atoms with Crippen molar-refractivity contribution in [3.63, 3.8) is 0 Å². The number of halogens is 3. The zero-order valence-electron chi connectivity index (χ0n) is 6.95. The highest BCUT2D eigenvalue weighted by Gasteiger charge is 2.28. The quantitative estimate of drug-likeness (QED) is 0.446. The van der Waals surface area contributed by atoms with E-state index in [-0.39, 0.29) is 5.15 Å². The molecule has 1 aromatic rings. The number of nitrogens with zero attached hydrogens (tertiary/aromatic N) is 3. The number of aromatic nitrogens is 1. The van der Waals surface area contributed by atoms with Gasteiger partial charge in [-0.05, 0) is 21.5 Å². The number of hydrogen-bond acceptors (Lipinski definition) is 4. The second kappa shape index (κ2) is 4.14. The summed E-state index contributed by atoms with van der Waals surface area (Å²) in [5.74, 6) is -1.09. The summed E-state index contributed by atoms with van der Waals surface area (Å²) >= 11 is 5.34. The Bertz CT molecular complexity index is 458. The molecule has 0 aromatic carbocycles. The molecule has 1 aromatic heterocycles. The van der Waals surface area contributed by atoms with E-state index >= 15 is 0 Å². The van der Waals surface area contributed by atoms with Crippen molar-refractivity contribution in [1.29, 1.82) is 5.26 Å². The first kappa shape index (κ1) is 11.3. The van der Waals surface area contributed by atoms with Crippen LogP contribution in [0.2, 0.25) is 5.15 Å². The van der Waals surface area contributed by atoms with Gasteiger partial charge in [-0.15, -0.1) is 0 Å². The molecule has 15 heavy (non-hydrogen) atoms. The molecule has 0 aliphatic rings. The summed E-state index contributed by atoms with van der Waals surface area (Å²) in [7, 11) is 0. The lowest BCUT2D eigenvalue weighted by Gasteiger charge is -2.02. The highest BCUT2D eigenvalue weighted by atomic mass is 35.5. The average Bonchev–Trinajstić information content (AvgIpc) is 2.15. The van der Waals surface area contributed by atoms with Gasteiger partial charge >= 0.3 is 5.82 Å². The van der Waals surface area contributed by atoms with Crippen LogP contribution in [-0.2, 0) is 0 Å². The molecular formula is C7H2ClF2N3O2. The molecule has 0 saturated carbocycles. The van der Waals surface area contributed by atoms with Crippen molar-refractivity contribution in [2.45, 2.75) is 6.43 Å². The lowest BCUT2D eigenvalue weighted by atomic mass is 10.1. The van der Waals surface area contributed by atoms with E-state index in [4.69, 9.17) is 16.9 Å². The first-order chi connectivity index (χ1) is 6.97. The first-order valence-corrected chi connectivity index (χ1v) is 3.88. The van der Waals surface area contributed by atoms with Gasteiger partial charge in [-0.1, -0.05) is 0 Å². The molecule has 0 amide bonds. The molecule has 0 atom stereocenters. The molecule has 0 unspecified atom stereocenters. The van der Waals surface area contributed by atoms with Crippen molar-refractivity contribution >= 4 is 17.4 Å². The van der Waals surface area contributed by atoms with E-state index in [1.165, 1.54) is 6.07 Å². The SMILES string of the molecule is N#Cc1cc(Cl)nc([N+](=O)[O-])c1C(F)F. The largest absolute Gasteiger partial charge is 0.375 e. The molecule has 0 bridgehead atoms. The van der Waals surface area contributed by atoms with E-state index in [0.717, 1.165) is 6.07 Å². The Morgan fingerprint density at radius 1 is 1.67 bits per heavy atom. The number of pyridine rings is 1. The van der Waals surface area contributed by atoms with Crippen LogP contribution in [0, 0.1) is 21.4 Å². The Labute approximate surface area is 87.1 Å². The Hall–Kier alpha value is -1.81. The van der Waals surface area contributed by atoms with Crippen LogP contribution in [0.1, 0.15) is 17.6 Å². The lowest BCUT2D eigenvalue weighted by Crippen LogP contribution is -2.02. The smallest absolute Gasteiger partial charge is 0.358 e. The summed E-state index contributed by atoms with van der Waals surface area (Å²) in [6.07, 6.45) is -3.15. The van der Waals surface area contributed by atoms with Gasteiger partial charge in [-0.3, -0.25) is 0 Å². The normalized spacial score (nSPS) is 10.1. The van der Waals surface area contributed by atoms with Crippen LogP contribution in [0.4, 0.5) is 14.6 Å². The van der Waals surface area contributed by atoms with Crippen molar-refractivity contribution < 1.29 is 13.7 Å². The molecule has 0 spiro atoms. The number of alkyl halides is 2. The fraction of sp³-hybridized carbons (Fsp3) is 0.143. The number of rotatable bonds is 2. The zero-order chi connectivity index (χ0) is 11.6. The van der Waals surface area contributed by atoms with E-state index in [1.807, 2.05) is 0 Å². The molecule has 0 aliphatic heterocycles. The van der Waals surface area contributed by atoms with Crippen LogP contribution >= 0.6 is 11.6 Å². The molecule has 0 N–H and O–H groups in total. The van der Waals surface area contributed by atoms with E-state index in [0.29, 0.717) is 0 Å². The number of nitro groups is 1. The first-order valence-electron chi connectivity index (χ1n) is 3.50. The van der Waals surface area contributed by atoms with Crippen molar-refractivity contribution in [2.75, 3.05) is 0 Å². The summed E-state index contributed by atoms with van der Waals surface area (Å²) in [5.41, 5.74) is -1.55. The Morgan fingerprint density at radius 3 is 2.67 bits per heavy atom. The third kappa shape index (κ3) is 2.16. The third-order valence-electron chi connectivity index (χ3n) is 1.52. The molecule has 8 heteroatoms. The maximum atomic E-state index is 12.4. The van der Waals surface area contributed by atoms with E-state index in [1.54, 1.807) is 0 Å². The summed E-state index contributed by atoms with van der Waals surface area (Å²) in [6.45, 7) is 0. The second-order valence-electron chi connectivity index (χ2n) is 2.40. The molecule has 0 radical (unpaired) electrons. The van der Waals surface area contributed by atoms with Gasteiger partial charge in [0, 0.05) is 6.07 Å². The van der Waals surface area contributed by atoms with Gasteiger partial charge in [0.1, 0.15) is 11.6 Å². The van der Waals surface area contributed by atoms with Crippen molar-refractivity contribution in [2.24, 2.45) is 0 Å². The van der Waals surface area contributed by atoms with Crippen LogP contribution < -0.4 is 0 Å². The van der Waals surface area contributed by atoms with Crippen molar-refractivity contribution in [3.05, 3.63) is 32.5 Å². The third-order valence-corrected chi connectivity index (χ3v) is 1.71. The topological polar surface area (TPSA) is 79.8 Å². The van der Waals surface area contributed by atoms with Crippen LogP contribution in [0.15, 0.2) is 6.07 Å². The van der Waals surface area contributed by atoms with Gasteiger partial charge in [0.15, 0.2) is 0 Å². The second-order valence-corrected chi connectivity index (χ2v) is 2.79. The van der Waals surface area contributed by atoms with Gasteiger partial charge in [0.25, 0.3) is 6.43 Å². The molecule has 78 valence electrons. The fourth-order valence-corrected chi connectivity index (χ4v) is 1.15. The molecular weight excluding hydrogens is 232 g/mol. The van der Waals surface area contributed by atoms with Crippen LogP contribution in [0.5, 0.6) is 0 Å². The molecule has 1 rings (SSSR count). The minimum Gasteiger partial charge on any atom is -0.358 e. The summed E-state index contributed by atoms with van der Waals surface area (Å²) in [5, 5.41) is 18.5. The van der Waals surface area contributed by atoms with Crippen LogP contribution in [0.25, 0.3) is 0 Å². The van der Waals surface area contributed by atoms with Gasteiger partial charge in [-0.25, -0.2) is 8.78 Å². The summed E-state index contributed by atoms with van der Waals surface area (Å²) in [6, 6.07) is 2.26. The van der Waals surface area contributed by atoms with E-state index < -0.39 is 28.3 Å². The summed E-state index contributed by atoms with van der Waals surface area (Å²) in [4.78, 5) is 12.4. The predicted molar refractivity (Wildman–Crippen MR) is 45.6 cm³/mol. The van der Waals surface area contributed by atoms with Gasteiger partial charge in [0.05, 0.1) is 5.56 Å². The molecule has 5 nitrogen and oxygen atoms in total. The van der Waals surface area contributed by atoms with Gasteiger partial charge in [-0.2, -0.15) is 5.26 Å². The minimum absolute atomic E-state index is 0.373. The van der Waals surface area contributed by atoms with Crippen molar-refractivity contribution in [1.82, 2.24) is 4.98 Å². The molecule has 1 heterocycles. The Morgan fingerprint density at radius 2 is 2.27 bits per heavy atom. The molecule has 0 fully saturated rings. The van der Waals surface area contributed by atoms with Gasteiger partial charge in [0.2, 0.25) is 5.15 Å². The zero-order valence-corrected chi connectivity index (χ0v) is 7.70.